The first-order valence-electron chi connectivity index (χ1n) is 9.02. The summed E-state index contributed by atoms with van der Waals surface area (Å²) in [5.41, 5.74) is 2.53. The van der Waals surface area contributed by atoms with Crippen molar-refractivity contribution in [1.29, 1.82) is 0 Å². The van der Waals surface area contributed by atoms with E-state index in [4.69, 9.17) is 11.6 Å². The van der Waals surface area contributed by atoms with Gasteiger partial charge in [-0.2, -0.15) is 0 Å². The summed E-state index contributed by atoms with van der Waals surface area (Å²) in [5, 5.41) is 4.08. The molecule has 0 bridgehead atoms. The molecule has 1 fully saturated rings. The summed E-state index contributed by atoms with van der Waals surface area (Å²) >= 11 is 6.08. The van der Waals surface area contributed by atoms with Crippen LogP contribution in [0.3, 0.4) is 0 Å². The number of pyridine rings is 1. The molecular weight excluding hydrogens is 348 g/mol. The zero-order valence-corrected chi connectivity index (χ0v) is 16.0. The smallest absolute Gasteiger partial charge is 0.272 e. The van der Waals surface area contributed by atoms with E-state index in [0.29, 0.717) is 24.7 Å². The van der Waals surface area contributed by atoms with Gasteiger partial charge in [-0.25, -0.2) is 0 Å². The molecule has 0 radical (unpaired) electrons. The minimum absolute atomic E-state index is 0.0102. The molecule has 2 aromatic rings. The molecule has 0 spiro atoms. The number of nitrogens with zero attached hydrogens (tertiary/aromatic N) is 3. The molecule has 1 aliphatic heterocycles. The van der Waals surface area contributed by atoms with Crippen LogP contribution in [0.5, 0.6) is 0 Å². The number of rotatable bonds is 5. The van der Waals surface area contributed by atoms with Crippen molar-refractivity contribution in [2.75, 3.05) is 42.9 Å². The van der Waals surface area contributed by atoms with Gasteiger partial charge < -0.3 is 15.1 Å². The van der Waals surface area contributed by atoms with Gasteiger partial charge in [-0.05, 0) is 36.2 Å². The van der Waals surface area contributed by atoms with Gasteiger partial charge in [0.1, 0.15) is 5.69 Å². The maximum Gasteiger partial charge on any atom is 0.272 e. The zero-order chi connectivity index (χ0) is 18.5. The van der Waals surface area contributed by atoms with Crippen molar-refractivity contribution >= 4 is 28.9 Å². The largest absolute Gasteiger partial charge is 0.385 e. The maximum atomic E-state index is 12.8. The molecule has 1 amide bonds. The topological polar surface area (TPSA) is 48.5 Å². The van der Waals surface area contributed by atoms with E-state index >= 15 is 0 Å². The number of carbonyl (C=O) groups excluding carboxylic acids is 1. The second-order valence-electron chi connectivity index (χ2n) is 6.96. The molecule has 138 valence electrons. The molecule has 1 aliphatic rings. The Morgan fingerprint density at radius 2 is 1.96 bits per heavy atom. The van der Waals surface area contributed by atoms with E-state index in [1.165, 1.54) is 0 Å². The molecule has 26 heavy (non-hydrogen) atoms. The molecule has 6 heteroatoms. The molecule has 0 aliphatic carbocycles. The Morgan fingerprint density at radius 1 is 1.19 bits per heavy atom. The standard InChI is InChI=1S/C20H25ClN4O/c1-15(2)14-23-17-6-7-22-19(13-17)20(26)25-10-8-24(9-11-25)18-5-3-4-16(21)12-18/h3-7,12-13,15H,8-11,14H2,1-2H3,(H,22,23). The second-order valence-corrected chi connectivity index (χ2v) is 7.40. The van der Waals surface area contributed by atoms with Gasteiger partial charge in [0.25, 0.3) is 5.91 Å². The second kappa shape index (κ2) is 8.41. The predicted molar refractivity (Wildman–Crippen MR) is 107 cm³/mol. The van der Waals surface area contributed by atoms with Crippen LogP contribution >= 0.6 is 11.6 Å². The molecule has 5 nitrogen and oxygen atoms in total. The molecule has 1 aromatic carbocycles. The van der Waals surface area contributed by atoms with Gasteiger partial charge in [-0.1, -0.05) is 31.5 Å². The van der Waals surface area contributed by atoms with Crippen LogP contribution in [0, 0.1) is 5.92 Å². The highest BCUT2D eigenvalue weighted by atomic mass is 35.5. The minimum atomic E-state index is -0.0102. The van der Waals surface area contributed by atoms with E-state index in [-0.39, 0.29) is 5.91 Å². The van der Waals surface area contributed by atoms with Crippen LogP contribution in [0.1, 0.15) is 24.3 Å². The van der Waals surface area contributed by atoms with E-state index < -0.39 is 0 Å². The molecule has 0 unspecified atom stereocenters. The first-order valence-corrected chi connectivity index (χ1v) is 9.40. The van der Waals surface area contributed by atoms with Crippen LogP contribution in [-0.4, -0.2) is 48.5 Å². The lowest BCUT2D eigenvalue weighted by Crippen LogP contribution is -2.49. The molecule has 1 N–H and O–H groups in total. The Hall–Kier alpha value is -2.27. The fraction of sp³-hybridized carbons (Fsp3) is 0.400. The Labute approximate surface area is 160 Å². The Kier molecular flexibility index (Phi) is 5.99. The highest BCUT2D eigenvalue weighted by Crippen LogP contribution is 2.21. The van der Waals surface area contributed by atoms with Crippen LogP contribution < -0.4 is 10.2 Å². The monoisotopic (exact) mass is 372 g/mol. The normalized spacial score (nSPS) is 14.6. The lowest BCUT2D eigenvalue weighted by atomic mass is 10.2. The molecule has 0 saturated carbocycles. The third-order valence-electron chi connectivity index (χ3n) is 4.43. The van der Waals surface area contributed by atoms with Gasteiger partial charge >= 0.3 is 0 Å². The molecule has 2 heterocycles. The van der Waals surface area contributed by atoms with Gasteiger partial charge in [0.15, 0.2) is 0 Å². The summed E-state index contributed by atoms with van der Waals surface area (Å²) in [5.74, 6) is 0.533. The Balaban J connectivity index is 1.60. The minimum Gasteiger partial charge on any atom is -0.385 e. The summed E-state index contributed by atoms with van der Waals surface area (Å²) in [6, 6.07) is 11.6. The van der Waals surface area contributed by atoms with Gasteiger partial charge in [-0.15, -0.1) is 0 Å². The highest BCUT2D eigenvalue weighted by Gasteiger charge is 2.23. The van der Waals surface area contributed by atoms with Crippen molar-refractivity contribution in [3.8, 4) is 0 Å². The first kappa shape index (κ1) is 18.5. The summed E-state index contributed by atoms with van der Waals surface area (Å²) in [6.07, 6.45) is 1.69. The molecule has 3 rings (SSSR count). The van der Waals surface area contributed by atoms with E-state index in [1.54, 1.807) is 6.20 Å². The summed E-state index contributed by atoms with van der Waals surface area (Å²) < 4.78 is 0. The third-order valence-corrected chi connectivity index (χ3v) is 4.67. The van der Waals surface area contributed by atoms with Crippen molar-refractivity contribution in [2.45, 2.75) is 13.8 Å². The lowest BCUT2D eigenvalue weighted by molar-refractivity contribution is 0.0741. The number of anilines is 2. The number of hydrogen-bond acceptors (Lipinski definition) is 4. The average Bonchev–Trinajstić information content (AvgIpc) is 2.66. The van der Waals surface area contributed by atoms with Crippen molar-refractivity contribution < 1.29 is 4.79 Å². The molecule has 0 atom stereocenters. The van der Waals surface area contributed by atoms with Gasteiger partial charge in [0.05, 0.1) is 0 Å². The number of hydrogen-bond donors (Lipinski definition) is 1. The van der Waals surface area contributed by atoms with E-state index in [1.807, 2.05) is 35.2 Å². The van der Waals surface area contributed by atoms with Gasteiger partial charge in [0, 0.05) is 55.3 Å². The van der Waals surface area contributed by atoms with Crippen molar-refractivity contribution in [2.24, 2.45) is 5.92 Å². The number of benzene rings is 1. The highest BCUT2D eigenvalue weighted by molar-refractivity contribution is 6.30. The van der Waals surface area contributed by atoms with Crippen molar-refractivity contribution in [1.82, 2.24) is 9.88 Å². The fourth-order valence-corrected chi connectivity index (χ4v) is 3.17. The molecular formula is C20H25ClN4O. The summed E-state index contributed by atoms with van der Waals surface area (Å²) in [7, 11) is 0. The van der Waals surface area contributed by atoms with E-state index in [9.17, 15) is 4.79 Å². The molecule has 1 aromatic heterocycles. The Morgan fingerprint density at radius 3 is 2.65 bits per heavy atom. The SMILES string of the molecule is CC(C)CNc1ccnc(C(=O)N2CCN(c3cccc(Cl)c3)CC2)c1. The number of nitrogens with one attached hydrogen (secondary N) is 1. The fourth-order valence-electron chi connectivity index (χ4n) is 2.98. The van der Waals surface area contributed by atoms with Crippen molar-refractivity contribution in [3.63, 3.8) is 0 Å². The van der Waals surface area contributed by atoms with Crippen LogP contribution in [0.15, 0.2) is 42.6 Å². The number of amides is 1. The number of halogens is 1. The zero-order valence-electron chi connectivity index (χ0n) is 15.3. The number of aromatic nitrogens is 1. The number of piperazine rings is 1. The summed E-state index contributed by atoms with van der Waals surface area (Å²) in [6.45, 7) is 8.11. The molecule has 1 saturated heterocycles. The van der Waals surface area contributed by atoms with E-state index in [0.717, 1.165) is 36.0 Å². The van der Waals surface area contributed by atoms with Crippen LogP contribution in [0.4, 0.5) is 11.4 Å². The third kappa shape index (κ3) is 4.67. The van der Waals surface area contributed by atoms with Gasteiger partial charge in [0.2, 0.25) is 0 Å². The maximum absolute atomic E-state index is 12.8. The van der Waals surface area contributed by atoms with Crippen LogP contribution in [-0.2, 0) is 0 Å². The van der Waals surface area contributed by atoms with Crippen LogP contribution in [0.2, 0.25) is 5.02 Å². The quantitative estimate of drug-likeness (QED) is 0.868. The van der Waals surface area contributed by atoms with Gasteiger partial charge in [-0.3, -0.25) is 9.78 Å². The number of carbonyl (C=O) groups is 1. The predicted octanol–water partition coefficient (Wildman–Crippen LogP) is 3.77. The first-order chi connectivity index (χ1) is 12.5. The van der Waals surface area contributed by atoms with E-state index in [2.05, 4.69) is 35.1 Å². The van der Waals surface area contributed by atoms with Crippen molar-refractivity contribution in [3.05, 3.63) is 53.3 Å². The lowest BCUT2D eigenvalue weighted by Gasteiger charge is -2.36. The average molecular weight is 373 g/mol. The van der Waals surface area contributed by atoms with Crippen LogP contribution in [0.25, 0.3) is 0 Å². The Bertz CT molecular complexity index is 757. The summed E-state index contributed by atoms with van der Waals surface area (Å²) in [4.78, 5) is 21.2.